The van der Waals surface area contributed by atoms with E-state index in [4.69, 9.17) is 11.6 Å². The highest BCUT2D eigenvalue weighted by atomic mass is 35.5. The number of carbonyl (C=O) groups excluding carboxylic acids is 1. The molecule has 5 heteroatoms. The number of halogens is 2. The standard InChI is InChI=1S/C18H20ClFN2O/c1-12(2)18(13-7-9-14(20)10-8-13)21-11-17(23)22-16-6-4-3-5-15(16)19/h3-10,12,18,21H,11H2,1-2H3,(H,22,23)/p+1/t18-/m1/s1. The van der Waals surface area contributed by atoms with Crippen LogP contribution in [0.2, 0.25) is 5.02 Å². The second-order valence-corrected chi connectivity index (χ2v) is 6.20. The first-order valence-corrected chi connectivity index (χ1v) is 7.98. The van der Waals surface area contributed by atoms with Crippen molar-refractivity contribution >= 4 is 23.2 Å². The molecule has 0 spiro atoms. The van der Waals surface area contributed by atoms with Crippen LogP contribution in [0.3, 0.4) is 0 Å². The third kappa shape index (κ3) is 5.05. The van der Waals surface area contributed by atoms with Gasteiger partial charge in [0.15, 0.2) is 6.54 Å². The van der Waals surface area contributed by atoms with Crippen LogP contribution in [0.5, 0.6) is 0 Å². The topological polar surface area (TPSA) is 45.7 Å². The van der Waals surface area contributed by atoms with Gasteiger partial charge in [-0.05, 0) is 24.3 Å². The Hall–Kier alpha value is -1.91. The Kier molecular flexibility index (Phi) is 6.13. The van der Waals surface area contributed by atoms with E-state index in [9.17, 15) is 9.18 Å². The average Bonchev–Trinajstić information content (AvgIpc) is 2.51. The molecule has 0 bridgehead atoms. The number of nitrogens with two attached hydrogens (primary N) is 1. The van der Waals surface area contributed by atoms with Crippen molar-refractivity contribution in [2.75, 3.05) is 11.9 Å². The Morgan fingerprint density at radius 3 is 2.43 bits per heavy atom. The highest BCUT2D eigenvalue weighted by Crippen LogP contribution is 2.20. The summed E-state index contributed by atoms with van der Waals surface area (Å²) in [5, 5.41) is 5.28. The molecule has 23 heavy (non-hydrogen) atoms. The zero-order chi connectivity index (χ0) is 16.8. The monoisotopic (exact) mass is 335 g/mol. The van der Waals surface area contributed by atoms with Crippen LogP contribution in [0.1, 0.15) is 25.5 Å². The van der Waals surface area contributed by atoms with Crippen LogP contribution in [0.15, 0.2) is 48.5 Å². The van der Waals surface area contributed by atoms with Crippen molar-refractivity contribution in [1.82, 2.24) is 0 Å². The van der Waals surface area contributed by atoms with Crippen LogP contribution in [0.25, 0.3) is 0 Å². The van der Waals surface area contributed by atoms with Crippen LogP contribution in [-0.4, -0.2) is 12.5 Å². The van der Waals surface area contributed by atoms with E-state index in [0.29, 0.717) is 16.6 Å². The summed E-state index contributed by atoms with van der Waals surface area (Å²) in [7, 11) is 0. The Labute approximate surface area is 140 Å². The van der Waals surface area contributed by atoms with Gasteiger partial charge in [0.05, 0.1) is 10.7 Å². The molecular formula is C18H21ClFN2O+. The van der Waals surface area contributed by atoms with Gasteiger partial charge in [-0.25, -0.2) is 4.39 Å². The van der Waals surface area contributed by atoms with Gasteiger partial charge in [0.25, 0.3) is 5.91 Å². The van der Waals surface area contributed by atoms with Gasteiger partial charge >= 0.3 is 0 Å². The molecule has 0 aliphatic rings. The number of benzene rings is 2. The summed E-state index contributed by atoms with van der Waals surface area (Å²) in [5.74, 6) is -0.0628. The predicted molar refractivity (Wildman–Crippen MR) is 90.9 cm³/mol. The fourth-order valence-electron chi connectivity index (χ4n) is 2.48. The molecule has 1 atom stereocenters. The Morgan fingerprint density at radius 1 is 1.17 bits per heavy atom. The van der Waals surface area contributed by atoms with Crippen molar-refractivity contribution in [3.05, 3.63) is 64.9 Å². The number of nitrogens with one attached hydrogen (secondary N) is 1. The van der Waals surface area contributed by atoms with Crippen molar-refractivity contribution in [1.29, 1.82) is 0 Å². The average molecular weight is 336 g/mol. The van der Waals surface area contributed by atoms with Crippen molar-refractivity contribution < 1.29 is 14.5 Å². The minimum Gasteiger partial charge on any atom is -0.332 e. The molecule has 122 valence electrons. The second kappa shape index (κ2) is 8.09. The molecule has 0 fully saturated rings. The lowest BCUT2D eigenvalue weighted by molar-refractivity contribution is -0.692. The predicted octanol–water partition coefficient (Wildman–Crippen LogP) is 3.38. The van der Waals surface area contributed by atoms with Crippen LogP contribution >= 0.6 is 11.6 Å². The van der Waals surface area contributed by atoms with Gasteiger partial charge in [-0.3, -0.25) is 4.79 Å². The molecule has 0 heterocycles. The molecule has 0 unspecified atom stereocenters. The molecule has 0 saturated heterocycles. The normalized spacial score (nSPS) is 12.2. The van der Waals surface area contributed by atoms with E-state index < -0.39 is 0 Å². The van der Waals surface area contributed by atoms with Crippen LogP contribution in [-0.2, 0) is 4.79 Å². The zero-order valence-electron chi connectivity index (χ0n) is 13.2. The quantitative estimate of drug-likeness (QED) is 0.835. The fourth-order valence-corrected chi connectivity index (χ4v) is 2.66. The summed E-state index contributed by atoms with van der Waals surface area (Å²) in [5.41, 5.74) is 1.61. The zero-order valence-corrected chi connectivity index (χ0v) is 14.0. The number of carbonyl (C=O) groups is 1. The Balaban J connectivity index is 1.97. The SMILES string of the molecule is CC(C)[C@@H]([NH2+]CC(=O)Nc1ccccc1Cl)c1ccc(F)cc1. The van der Waals surface area contributed by atoms with E-state index in [1.54, 1.807) is 24.3 Å². The van der Waals surface area contributed by atoms with Gasteiger partial charge in [0.2, 0.25) is 0 Å². The van der Waals surface area contributed by atoms with Crippen molar-refractivity contribution in [2.45, 2.75) is 19.9 Å². The highest BCUT2D eigenvalue weighted by Gasteiger charge is 2.20. The lowest BCUT2D eigenvalue weighted by Gasteiger charge is -2.19. The first kappa shape index (κ1) is 17.4. The molecule has 0 aliphatic heterocycles. The van der Waals surface area contributed by atoms with Gasteiger partial charge in [0.1, 0.15) is 11.9 Å². The molecule has 2 aromatic carbocycles. The summed E-state index contributed by atoms with van der Waals surface area (Å²) in [6, 6.07) is 13.6. The van der Waals surface area contributed by atoms with Crippen LogP contribution < -0.4 is 10.6 Å². The molecule has 2 aromatic rings. The summed E-state index contributed by atoms with van der Waals surface area (Å²) in [6.07, 6.45) is 0. The van der Waals surface area contributed by atoms with E-state index >= 15 is 0 Å². The summed E-state index contributed by atoms with van der Waals surface area (Å²) < 4.78 is 13.1. The summed E-state index contributed by atoms with van der Waals surface area (Å²) in [6.45, 7) is 4.43. The smallest absolute Gasteiger partial charge is 0.279 e. The minimum absolute atomic E-state index is 0.0904. The van der Waals surface area contributed by atoms with E-state index in [-0.39, 0.29) is 24.3 Å². The fraction of sp³-hybridized carbons (Fsp3) is 0.278. The van der Waals surface area contributed by atoms with Crippen molar-refractivity contribution in [3.8, 4) is 0 Å². The molecule has 3 N–H and O–H groups in total. The maximum absolute atomic E-state index is 13.1. The number of anilines is 1. The van der Waals surface area contributed by atoms with E-state index in [1.165, 1.54) is 12.1 Å². The molecule has 2 rings (SSSR count). The van der Waals surface area contributed by atoms with E-state index in [0.717, 1.165) is 5.56 Å². The lowest BCUT2D eigenvalue weighted by Crippen LogP contribution is -2.88. The lowest BCUT2D eigenvalue weighted by atomic mass is 9.96. The van der Waals surface area contributed by atoms with Gasteiger partial charge in [-0.2, -0.15) is 0 Å². The maximum atomic E-state index is 13.1. The minimum atomic E-state index is -0.257. The number of rotatable bonds is 6. The molecule has 0 aromatic heterocycles. The van der Waals surface area contributed by atoms with E-state index in [1.807, 2.05) is 17.4 Å². The highest BCUT2D eigenvalue weighted by molar-refractivity contribution is 6.33. The molecule has 0 aliphatic carbocycles. The first-order valence-electron chi connectivity index (χ1n) is 7.60. The number of hydrogen-bond donors (Lipinski definition) is 2. The van der Waals surface area contributed by atoms with Crippen LogP contribution in [0, 0.1) is 11.7 Å². The third-order valence-electron chi connectivity index (χ3n) is 3.68. The number of quaternary nitrogens is 1. The van der Waals surface area contributed by atoms with Crippen molar-refractivity contribution in [3.63, 3.8) is 0 Å². The van der Waals surface area contributed by atoms with E-state index in [2.05, 4.69) is 19.2 Å². The third-order valence-corrected chi connectivity index (χ3v) is 4.01. The largest absolute Gasteiger partial charge is 0.332 e. The van der Waals surface area contributed by atoms with Gasteiger partial charge < -0.3 is 10.6 Å². The number of para-hydroxylation sites is 1. The molecule has 0 radical (unpaired) electrons. The number of amides is 1. The summed E-state index contributed by atoms with van der Waals surface area (Å²) in [4.78, 5) is 12.1. The van der Waals surface area contributed by atoms with Gasteiger partial charge in [-0.15, -0.1) is 0 Å². The van der Waals surface area contributed by atoms with Gasteiger partial charge in [0, 0.05) is 11.5 Å². The van der Waals surface area contributed by atoms with Crippen LogP contribution in [0.4, 0.5) is 10.1 Å². The molecule has 3 nitrogen and oxygen atoms in total. The Morgan fingerprint density at radius 2 is 1.83 bits per heavy atom. The Bertz CT molecular complexity index is 658. The molecule has 0 saturated carbocycles. The maximum Gasteiger partial charge on any atom is 0.279 e. The first-order chi connectivity index (χ1) is 11.0. The summed E-state index contributed by atoms with van der Waals surface area (Å²) >= 11 is 6.03. The second-order valence-electron chi connectivity index (χ2n) is 5.79. The molecule has 1 amide bonds. The van der Waals surface area contributed by atoms with Crippen molar-refractivity contribution in [2.24, 2.45) is 5.92 Å². The molecular weight excluding hydrogens is 315 g/mol. The van der Waals surface area contributed by atoms with Gasteiger partial charge in [-0.1, -0.05) is 49.7 Å². The number of hydrogen-bond acceptors (Lipinski definition) is 1.